The molecule has 8 nitrogen and oxygen atoms in total. The van der Waals surface area contributed by atoms with Crippen molar-refractivity contribution in [3.63, 3.8) is 0 Å². The van der Waals surface area contributed by atoms with Gasteiger partial charge in [0.25, 0.3) is 5.56 Å². The van der Waals surface area contributed by atoms with Crippen LogP contribution in [-0.2, 0) is 20.8 Å². The number of fused-ring (bicyclic) bond motifs is 2. The van der Waals surface area contributed by atoms with E-state index in [1.807, 2.05) is 30.3 Å². The van der Waals surface area contributed by atoms with Crippen molar-refractivity contribution in [2.24, 2.45) is 0 Å². The maximum atomic E-state index is 11.8. The molecule has 2 fully saturated rings. The van der Waals surface area contributed by atoms with Crippen LogP contribution in [0.5, 0.6) is 0 Å². The molecule has 3 aromatic rings. The second kappa shape index (κ2) is 6.31. The molecule has 2 aliphatic heterocycles. The number of nitrogens with one attached hydrogen (secondary N) is 1. The maximum absolute atomic E-state index is 11.8. The molecular weight excluding hydrogens is 336 g/mol. The molecule has 2 aromatic heterocycles. The van der Waals surface area contributed by atoms with Gasteiger partial charge in [-0.2, -0.15) is 0 Å². The Labute approximate surface area is 148 Å². The summed E-state index contributed by atoms with van der Waals surface area (Å²) in [6.07, 6.45) is 3.10. The first-order chi connectivity index (χ1) is 12.8. The molecule has 4 atom stereocenters. The van der Waals surface area contributed by atoms with Crippen LogP contribution in [0, 0.1) is 0 Å². The largest absolute Gasteiger partial charge is 0.372 e. The molecule has 4 heterocycles. The van der Waals surface area contributed by atoms with Crippen molar-refractivity contribution >= 4 is 11.2 Å². The van der Waals surface area contributed by atoms with E-state index < -0.39 is 0 Å². The Morgan fingerprint density at radius 2 is 2.15 bits per heavy atom. The number of benzene rings is 1. The van der Waals surface area contributed by atoms with Gasteiger partial charge in [-0.1, -0.05) is 30.3 Å². The van der Waals surface area contributed by atoms with Crippen LogP contribution in [0.3, 0.4) is 0 Å². The molecule has 26 heavy (non-hydrogen) atoms. The van der Waals surface area contributed by atoms with Gasteiger partial charge in [0.2, 0.25) is 0 Å². The molecule has 0 saturated carbocycles. The molecule has 0 spiro atoms. The molecule has 134 valence electrons. The van der Waals surface area contributed by atoms with E-state index in [1.165, 1.54) is 6.33 Å². The van der Waals surface area contributed by atoms with Gasteiger partial charge in [0.15, 0.2) is 11.2 Å². The third-order valence-electron chi connectivity index (χ3n) is 4.94. The summed E-state index contributed by atoms with van der Waals surface area (Å²) in [6, 6.07) is 10.0. The van der Waals surface area contributed by atoms with E-state index in [0.717, 1.165) is 5.56 Å². The third kappa shape index (κ3) is 2.63. The zero-order valence-electron chi connectivity index (χ0n) is 13.9. The van der Waals surface area contributed by atoms with Gasteiger partial charge in [0, 0.05) is 6.42 Å². The van der Waals surface area contributed by atoms with Gasteiger partial charge in [0.05, 0.1) is 32.0 Å². The second-order valence-corrected chi connectivity index (χ2v) is 6.55. The zero-order chi connectivity index (χ0) is 17.5. The third-order valence-corrected chi connectivity index (χ3v) is 4.94. The van der Waals surface area contributed by atoms with Gasteiger partial charge >= 0.3 is 0 Å². The summed E-state index contributed by atoms with van der Waals surface area (Å²) < 4.78 is 19.9. The average Bonchev–Trinajstić information content (AvgIpc) is 3.35. The lowest BCUT2D eigenvalue weighted by atomic mass is 10.1. The van der Waals surface area contributed by atoms with Crippen LogP contribution in [0.2, 0.25) is 0 Å². The van der Waals surface area contributed by atoms with Gasteiger partial charge in [-0.15, -0.1) is 0 Å². The highest BCUT2D eigenvalue weighted by Crippen LogP contribution is 2.38. The van der Waals surface area contributed by atoms with E-state index in [1.54, 1.807) is 10.9 Å². The standard InChI is InChI=1S/C18H18N4O4/c23-18-15-17(19-9-20-18)22(10-21-15)14-6-12-16(26-14)13(8-25-12)24-7-11-4-2-1-3-5-11/h1-5,9-10,12-14,16H,6-8H2,(H,19,20,23)/t12-,13-,14-,16+/m1/s1. The first-order valence-electron chi connectivity index (χ1n) is 8.62. The number of aromatic amines is 1. The van der Waals surface area contributed by atoms with E-state index in [0.29, 0.717) is 30.8 Å². The number of hydrogen-bond donors (Lipinski definition) is 1. The van der Waals surface area contributed by atoms with Crippen LogP contribution < -0.4 is 5.56 Å². The van der Waals surface area contributed by atoms with Crippen LogP contribution >= 0.6 is 0 Å². The number of hydrogen-bond acceptors (Lipinski definition) is 6. The highest BCUT2D eigenvalue weighted by molar-refractivity contribution is 5.68. The van der Waals surface area contributed by atoms with E-state index in [9.17, 15) is 4.79 Å². The smallest absolute Gasteiger partial charge is 0.278 e. The average molecular weight is 354 g/mol. The molecule has 5 rings (SSSR count). The minimum atomic E-state index is -0.271. The SMILES string of the molecule is O=c1[nH]cnc2c1ncn2[C@H]1C[C@H]2OC[C@@H](OCc3ccccc3)[C@H]2O1. The van der Waals surface area contributed by atoms with Crippen molar-refractivity contribution < 1.29 is 14.2 Å². The minimum absolute atomic E-state index is 0.0276. The van der Waals surface area contributed by atoms with E-state index in [4.69, 9.17) is 14.2 Å². The molecule has 1 aromatic carbocycles. The van der Waals surface area contributed by atoms with Crippen LogP contribution in [0.1, 0.15) is 18.2 Å². The Kier molecular flexibility index (Phi) is 3.81. The first-order valence-corrected chi connectivity index (χ1v) is 8.62. The summed E-state index contributed by atoms with van der Waals surface area (Å²) in [4.78, 5) is 22.7. The van der Waals surface area contributed by atoms with E-state index >= 15 is 0 Å². The Morgan fingerprint density at radius 3 is 3.04 bits per heavy atom. The Balaban J connectivity index is 1.31. The minimum Gasteiger partial charge on any atom is -0.372 e. The van der Waals surface area contributed by atoms with Crippen molar-refractivity contribution in [3.8, 4) is 0 Å². The highest BCUT2D eigenvalue weighted by Gasteiger charge is 2.47. The maximum Gasteiger partial charge on any atom is 0.278 e. The van der Waals surface area contributed by atoms with E-state index in [2.05, 4.69) is 15.0 Å². The summed E-state index contributed by atoms with van der Waals surface area (Å²) in [5, 5.41) is 0. The van der Waals surface area contributed by atoms with Crippen molar-refractivity contribution in [1.29, 1.82) is 0 Å². The van der Waals surface area contributed by atoms with Gasteiger partial charge in [-0.3, -0.25) is 9.36 Å². The number of imidazole rings is 1. The predicted octanol–water partition coefficient (Wildman–Crippen LogP) is 1.39. The van der Waals surface area contributed by atoms with Crippen molar-refractivity contribution in [1.82, 2.24) is 19.5 Å². The summed E-state index contributed by atoms with van der Waals surface area (Å²) >= 11 is 0. The molecule has 0 aliphatic carbocycles. The van der Waals surface area contributed by atoms with Crippen molar-refractivity contribution in [2.45, 2.75) is 37.6 Å². The monoisotopic (exact) mass is 354 g/mol. The van der Waals surface area contributed by atoms with E-state index in [-0.39, 0.29) is 30.1 Å². The molecular formula is C18H18N4O4. The zero-order valence-corrected chi connectivity index (χ0v) is 13.9. The fraction of sp³-hybridized carbons (Fsp3) is 0.389. The molecule has 0 bridgehead atoms. The normalized spacial score (nSPS) is 27.8. The lowest BCUT2D eigenvalue weighted by Gasteiger charge is -2.19. The van der Waals surface area contributed by atoms with Gasteiger partial charge < -0.3 is 19.2 Å². The van der Waals surface area contributed by atoms with Crippen molar-refractivity contribution in [2.75, 3.05) is 6.61 Å². The Morgan fingerprint density at radius 1 is 1.27 bits per heavy atom. The summed E-state index contributed by atoms with van der Waals surface area (Å²) in [7, 11) is 0. The van der Waals surface area contributed by atoms with Gasteiger partial charge in [0.1, 0.15) is 18.4 Å². The molecule has 2 aliphatic rings. The fourth-order valence-corrected chi connectivity index (χ4v) is 3.63. The van der Waals surface area contributed by atoms with Gasteiger partial charge in [-0.25, -0.2) is 9.97 Å². The number of nitrogens with zero attached hydrogens (tertiary/aromatic N) is 3. The summed E-state index contributed by atoms with van der Waals surface area (Å²) in [5.74, 6) is 0. The number of aromatic nitrogens is 4. The molecule has 0 unspecified atom stereocenters. The Hall–Kier alpha value is -2.55. The van der Waals surface area contributed by atoms with Crippen molar-refractivity contribution in [3.05, 3.63) is 58.9 Å². The van der Waals surface area contributed by atoms with Crippen LogP contribution in [0.15, 0.2) is 47.8 Å². The molecule has 1 N–H and O–H groups in total. The molecule has 8 heteroatoms. The quantitative estimate of drug-likeness (QED) is 0.761. The van der Waals surface area contributed by atoms with Gasteiger partial charge in [-0.05, 0) is 5.56 Å². The first kappa shape index (κ1) is 15.7. The van der Waals surface area contributed by atoms with Crippen LogP contribution in [0.4, 0.5) is 0 Å². The second-order valence-electron chi connectivity index (χ2n) is 6.55. The topological polar surface area (TPSA) is 91.3 Å². The predicted molar refractivity (Wildman–Crippen MR) is 91.4 cm³/mol. The summed E-state index contributed by atoms with van der Waals surface area (Å²) in [5.41, 5.74) is 1.69. The fourth-order valence-electron chi connectivity index (χ4n) is 3.63. The molecule has 0 amide bonds. The number of rotatable bonds is 4. The Bertz CT molecular complexity index is 970. The van der Waals surface area contributed by atoms with Crippen LogP contribution in [0.25, 0.3) is 11.2 Å². The molecule has 2 saturated heterocycles. The highest BCUT2D eigenvalue weighted by atomic mass is 16.6. The lowest BCUT2D eigenvalue weighted by Crippen LogP contribution is -2.30. The molecule has 0 radical (unpaired) electrons. The number of H-pyrrole nitrogens is 1. The van der Waals surface area contributed by atoms with Crippen LogP contribution in [-0.4, -0.2) is 44.4 Å². The number of ether oxygens (including phenoxy) is 3. The lowest BCUT2D eigenvalue weighted by molar-refractivity contribution is -0.0782. The summed E-state index contributed by atoms with van der Waals surface area (Å²) in [6.45, 7) is 1.05.